The molecule has 0 radical (unpaired) electrons. The lowest BCUT2D eigenvalue weighted by molar-refractivity contribution is 0.0592. The molecule has 1 aliphatic heterocycles. The topological polar surface area (TPSA) is 105 Å². The van der Waals surface area contributed by atoms with Crippen LogP contribution in [0, 0.1) is 11.3 Å². The monoisotopic (exact) mass is 435 g/mol. The SMILES string of the molecule is COC(=O)c1c(N)c(C#N)cn1-c1ccc(N2CCN(C(=O)c3cccs3)CC2)cc1. The second-order valence-electron chi connectivity index (χ2n) is 7.05. The number of thiophene rings is 1. The molecule has 3 heterocycles. The highest BCUT2D eigenvalue weighted by Crippen LogP contribution is 2.26. The van der Waals surface area contributed by atoms with Gasteiger partial charge in [0.15, 0.2) is 5.69 Å². The molecule has 8 nitrogen and oxygen atoms in total. The number of amides is 1. The van der Waals surface area contributed by atoms with E-state index < -0.39 is 5.97 Å². The zero-order chi connectivity index (χ0) is 22.0. The molecule has 158 valence electrons. The zero-order valence-electron chi connectivity index (χ0n) is 16.9. The van der Waals surface area contributed by atoms with Crippen LogP contribution in [-0.4, -0.2) is 54.6 Å². The fraction of sp³-hybridized carbons (Fsp3) is 0.227. The maximum atomic E-state index is 12.5. The summed E-state index contributed by atoms with van der Waals surface area (Å²) in [5.41, 5.74) is 8.13. The number of nitrogen functional groups attached to an aromatic ring is 1. The first-order chi connectivity index (χ1) is 15.0. The Morgan fingerprint density at radius 3 is 2.35 bits per heavy atom. The Labute approximate surface area is 183 Å². The van der Waals surface area contributed by atoms with Gasteiger partial charge >= 0.3 is 5.97 Å². The largest absolute Gasteiger partial charge is 0.464 e. The number of aromatic nitrogens is 1. The normalized spacial score (nSPS) is 13.7. The lowest BCUT2D eigenvalue weighted by Gasteiger charge is -2.36. The number of carbonyl (C=O) groups is 2. The summed E-state index contributed by atoms with van der Waals surface area (Å²) >= 11 is 1.46. The average molecular weight is 436 g/mol. The van der Waals surface area contributed by atoms with Gasteiger partial charge in [-0.05, 0) is 35.7 Å². The molecule has 0 spiro atoms. The highest BCUT2D eigenvalue weighted by molar-refractivity contribution is 7.12. The van der Waals surface area contributed by atoms with Gasteiger partial charge in [-0.1, -0.05) is 6.07 Å². The first-order valence-electron chi connectivity index (χ1n) is 9.71. The van der Waals surface area contributed by atoms with Crippen molar-refractivity contribution >= 4 is 34.6 Å². The smallest absolute Gasteiger partial charge is 0.357 e. The maximum Gasteiger partial charge on any atom is 0.357 e. The Bertz CT molecular complexity index is 1140. The summed E-state index contributed by atoms with van der Waals surface area (Å²) in [6.07, 6.45) is 1.53. The van der Waals surface area contributed by atoms with Crippen LogP contribution in [0.25, 0.3) is 5.69 Å². The van der Waals surface area contributed by atoms with Crippen molar-refractivity contribution in [2.75, 3.05) is 43.9 Å². The summed E-state index contributed by atoms with van der Waals surface area (Å²) < 4.78 is 6.39. The number of hydrogen-bond donors (Lipinski definition) is 1. The summed E-state index contributed by atoms with van der Waals surface area (Å²) in [6.45, 7) is 2.78. The number of hydrogen-bond acceptors (Lipinski definition) is 7. The van der Waals surface area contributed by atoms with Crippen LogP contribution in [0.3, 0.4) is 0 Å². The molecule has 0 atom stereocenters. The van der Waals surface area contributed by atoms with E-state index in [9.17, 15) is 14.9 Å². The van der Waals surface area contributed by atoms with Crippen LogP contribution in [0.15, 0.2) is 48.0 Å². The molecular formula is C22H21N5O3S. The highest BCUT2D eigenvalue weighted by atomic mass is 32.1. The molecule has 0 aliphatic carbocycles. The number of nitrogens with zero attached hydrogens (tertiary/aromatic N) is 4. The fourth-order valence-corrected chi connectivity index (χ4v) is 4.36. The van der Waals surface area contributed by atoms with E-state index in [1.54, 1.807) is 4.57 Å². The van der Waals surface area contributed by atoms with Crippen molar-refractivity contribution in [2.24, 2.45) is 0 Å². The van der Waals surface area contributed by atoms with Crippen molar-refractivity contribution in [3.63, 3.8) is 0 Å². The Kier molecular flexibility index (Phi) is 5.64. The van der Waals surface area contributed by atoms with E-state index in [2.05, 4.69) is 4.90 Å². The van der Waals surface area contributed by atoms with Gasteiger partial charge in [0.25, 0.3) is 5.91 Å². The second kappa shape index (κ2) is 8.53. The minimum absolute atomic E-state index is 0.0823. The van der Waals surface area contributed by atoms with E-state index in [4.69, 9.17) is 10.5 Å². The number of carbonyl (C=O) groups excluding carboxylic acids is 2. The molecule has 0 saturated carbocycles. The van der Waals surface area contributed by atoms with Gasteiger partial charge in [-0.2, -0.15) is 5.26 Å². The predicted molar refractivity (Wildman–Crippen MR) is 119 cm³/mol. The number of methoxy groups -OCH3 is 1. The van der Waals surface area contributed by atoms with Gasteiger partial charge in [0.05, 0.1) is 23.2 Å². The number of piperazine rings is 1. The minimum Gasteiger partial charge on any atom is -0.464 e. The van der Waals surface area contributed by atoms with E-state index in [0.717, 1.165) is 23.7 Å². The van der Waals surface area contributed by atoms with Crippen molar-refractivity contribution < 1.29 is 14.3 Å². The predicted octanol–water partition coefficient (Wildman–Crippen LogP) is 2.74. The lowest BCUT2D eigenvalue weighted by Crippen LogP contribution is -2.48. The van der Waals surface area contributed by atoms with Gasteiger partial charge in [-0.3, -0.25) is 4.79 Å². The lowest BCUT2D eigenvalue weighted by atomic mass is 10.2. The van der Waals surface area contributed by atoms with Crippen molar-refractivity contribution in [2.45, 2.75) is 0 Å². The van der Waals surface area contributed by atoms with Gasteiger partial charge in [-0.25, -0.2) is 4.79 Å². The van der Waals surface area contributed by atoms with E-state index >= 15 is 0 Å². The zero-order valence-corrected chi connectivity index (χ0v) is 17.8. The van der Waals surface area contributed by atoms with Crippen LogP contribution in [0.4, 0.5) is 11.4 Å². The standard InChI is InChI=1S/C22H21N5O3S/c1-30-22(29)20-19(24)15(13-23)14-27(20)17-6-4-16(5-7-17)25-8-10-26(11-9-25)21(28)18-3-2-12-31-18/h2-7,12,14H,8-11,24H2,1H3. The van der Waals surface area contributed by atoms with E-state index in [-0.39, 0.29) is 22.9 Å². The second-order valence-corrected chi connectivity index (χ2v) is 8.00. The molecule has 2 aromatic heterocycles. The van der Waals surface area contributed by atoms with Crippen LogP contribution in [0.2, 0.25) is 0 Å². The molecule has 9 heteroatoms. The molecule has 1 aliphatic rings. The molecule has 1 aromatic carbocycles. The van der Waals surface area contributed by atoms with Crippen molar-refractivity contribution in [3.05, 3.63) is 64.1 Å². The van der Waals surface area contributed by atoms with Crippen molar-refractivity contribution in [1.29, 1.82) is 5.26 Å². The summed E-state index contributed by atoms with van der Waals surface area (Å²) in [4.78, 5) is 29.5. The quantitative estimate of drug-likeness (QED) is 0.632. The van der Waals surface area contributed by atoms with Gasteiger partial charge in [0, 0.05) is 43.8 Å². The van der Waals surface area contributed by atoms with Gasteiger partial charge < -0.3 is 24.8 Å². The molecule has 1 amide bonds. The summed E-state index contributed by atoms with van der Waals surface area (Å²) in [5, 5.41) is 11.2. The van der Waals surface area contributed by atoms with Gasteiger partial charge in [0.2, 0.25) is 0 Å². The number of ether oxygens (including phenoxy) is 1. The van der Waals surface area contributed by atoms with Crippen LogP contribution < -0.4 is 10.6 Å². The highest BCUT2D eigenvalue weighted by Gasteiger charge is 2.24. The van der Waals surface area contributed by atoms with Crippen LogP contribution in [0.5, 0.6) is 0 Å². The maximum absolute atomic E-state index is 12.5. The Balaban J connectivity index is 1.49. The third-order valence-corrected chi connectivity index (χ3v) is 6.19. The molecule has 1 saturated heterocycles. The van der Waals surface area contributed by atoms with E-state index in [1.165, 1.54) is 24.6 Å². The number of nitrogens with two attached hydrogens (primary N) is 1. The Hall–Kier alpha value is -3.77. The molecule has 3 aromatic rings. The number of nitriles is 1. The third kappa shape index (κ3) is 3.85. The molecule has 2 N–H and O–H groups in total. The summed E-state index contributed by atoms with van der Waals surface area (Å²) in [7, 11) is 1.27. The molecule has 31 heavy (non-hydrogen) atoms. The van der Waals surface area contributed by atoms with Crippen LogP contribution in [-0.2, 0) is 4.74 Å². The van der Waals surface area contributed by atoms with Gasteiger partial charge in [0.1, 0.15) is 6.07 Å². The Morgan fingerprint density at radius 1 is 1.10 bits per heavy atom. The van der Waals surface area contributed by atoms with Crippen molar-refractivity contribution in [1.82, 2.24) is 9.47 Å². The molecule has 4 rings (SSSR count). The summed E-state index contributed by atoms with van der Waals surface area (Å²) in [6, 6.07) is 13.4. The Morgan fingerprint density at radius 2 is 1.77 bits per heavy atom. The fourth-order valence-electron chi connectivity index (χ4n) is 3.67. The van der Waals surface area contributed by atoms with E-state index in [1.807, 2.05) is 52.7 Å². The van der Waals surface area contributed by atoms with Gasteiger partial charge in [-0.15, -0.1) is 11.3 Å². The molecule has 0 bridgehead atoms. The van der Waals surface area contributed by atoms with E-state index in [0.29, 0.717) is 18.8 Å². The number of esters is 1. The first kappa shape index (κ1) is 20.5. The van der Waals surface area contributed by atoms with Crippen LogP contribution in [0.1, 0.15) is 25.7 Å². The molecular weight excluding hydrogens is 414 g/mol. The average Bonchev–Trinajstić information content (AvgIpc) is 3.46. The number of anilines is 2. The van der Waals surface area contributed by atoms with Crippen molar-refractivity contribution in [3.8, 4) is 11.8 Å². The minimum atomic E-state index is -0.602. The summed E-state index contributed by atoms with van der Waals surface area (Å²) in [5.74, 6) is -0.520. The molecule has 0 unspecified atom stereocenters. The van der Waals surface area contributed by atoms with Crippen LogP contribution >= 0.6 is 11.3 Å². The third-order valence-electron chi connectivity index (χ3n) is 5.34. The first-order valence-corrected chi connectivity index (χ1v) is 10.6. The number of benzene rings is 1. The number of rotatable bonds is 4. The molecule has 1 fully saturated rings.